The maximum atomic E-state index is 13.1. The van der Waals surface area contributed by atoms with E-state index in [1.807, 2.05) is 19.2 Å². The number of carbonyl (C=O) groups excluding carboxylic acids is 5. The van der Waals surface area contributed by atoms with Gasteiger partial charge >= 0.3 is 11.9 Å². The molecule has 0 aromatic rings. The molecule has 40 heavy (non-hydrogen) atoms. The Morgan fingerprint density at radius 1 is 0.925 bits per heavy atom. The van der Waals surface area contributed by atoms with Gasteiger partial charge < -0.3 is 47.2 Å². The number of rotatable bonds is 16. The average Bonchev–Trinajstić information content (AvgIpc) is 3.35. The number of aliphatic carboxylic acids is 2. The predicted octanol–water partition coefficient (Wildman–Crippen LogP) is -3.12. The summed E-state index contributed by atoms with van der Waals surface area (Å²) in [6, 6.07) is -4.76. The first-order valence-electron chi connectivity index (χ1n) is 13.0. The molecular weight excluding hydrogens is 532 g/mol. The molecule has 0 radical (unpaired) electrons. The molecular formula is C24H40N6O10. The Kier molecular flexibility index (Phi) is 14.0. The summed E-state index contributed by atoms with van der Waals surface area (Å²) in [5, 5.41) is 36.6. The number of carboxylic acids is 2. The largest absolute Gasteiger partial charge is 0.481 e. The van der Waals surface area contributed by atoms with Crippen LogP contribution in [0.2, 0.25) is 0 Å². The minimum Gasteiger partial charge on any atom is -0.481 e. The molecule has 0 aliphatic carbocycles. The Morgan fingerprint density at radius 2 is 1.57 bits per heavy atom. The van der Waals surface area contributed by atoms with Gasteiger partial charge in [0.1, 0.15) is 24.7 Å². The summed E-state index contributed by atoms with van der Waals surface area (Å²) in [7, 11) is 0. The van der Waals surface area contributed by atoms with Gasteiger partial charge in [-0.25, -0.2) is 0 Å². The molecule has 1 heterocycles. The summed E-state index contributed by atoms with van der Waals surface area (Å²) >= 11 is 0. The van der Waals surface area contributed by atoms with Crippen LogP contribution in [0.5, 0.6) is 0 Å². The zero-order valence-electron chi connectivity index (χ0n) is 22.8. The van der Waals surface area contributed by atoms with Crippen LogP contribution < -0.4 is 27.0 Å². The van der Waals surface area contributed by atoms with Gasteiger partial charge in [-0.2, -0.15) is 0 Å². The number of amides is 5. The van der Waals surface area contributed by atoms with Gasteiger partial charge in [-0.3, -0.25) is 33.6 Å². The van der Waals surface area contributed by atoms with Crippen LogP contribution in [-0.2, 0) is 33.6 Å². The number of nitrogens with one attached hydrogen (secondary N) is 4. The van der Waals surface area contributed by atoms with Gasteiger partial charge in [0.15, 0.2) is 0 Å². The molecule has 1 fully saturated rings. The van der Waals surface area contributed by atoms with E-state index in [9.17, 15) is 38.7 Å². The number of carboxylic acid groups (broad SMARTS) is 2. The molecule has 1 aliphatic heterocycles. The third-order valence-electron chi connectivity index (χ3n) is 6.08. The van der Waals surface area contributed by atoms with Crippen LogP contribution in [0, 0.1) is 5.92 Å². The fourth-order valence-electron chi connectivity index (χ4n) is 4.10. The minimum atomic E-state index is -1.59. The molecule has 9 N–H and O–H groups in total. The lowest BCUT2D eigenvalue weighted by molar-refractivity contribution is -0.141. The quantitative estimate of drug-likeness (QED) is 0.0917. The molecule has 1 rings (SSSR count). The molecule has 16 heteroatoms. The maximum absolute atomic E-state index is 13.1. The van der Waals surface area contributed by atoms with Crippen molar-refractivity contribution in [2.45, 2.75) is 83.1 Å². The van der Waals surface area contributed by atoms with Crippen LogP contribution in [0.4, 0.5) is 0 Å². The normalized spacial score (nSPS) is 17.8. The minimum absolute atomic E-state index is 0.149. The standard InChI is InChI=1S/C24H40N6O10/c1-12(2)9-14(25)24(40)30-8-4-5-16(30)22(38)28-15(6-7-18(33)34)21(37)29-20(13(3)31)23(39)27-10-17(32)26-11-19(35)36/h12-16,20,31H,4-11,25H2,1-3H3,(H,26,32)(H,27,39)(H,28,38)(H,29,37)(H,33,34)(H,35,36)/t13?,14?,15?,16-,20?/m0/s1. The molecule has 4 unspecified atom stereocenters. The van der Waals surface area contributed by atoms with Gasteiger partial charge in [-0.1, -0.05) is 13.8 Å². The smallest absolute Gasteiger partial charge is 0.322 e. The Balaban J connectivity index is 2.94. The number of nitrogens with zero attached hydrogens (tertiary/aromatic N) is 1. The molecule has 5 amide bonds. The van der Waals surface area contributed by atoms with E-state index in [4.69, 9.17) is 15.9 Å². The van der Waals surface area contributed by atoms with Crippen molar-refractivity contribution in [2.75, 3.05) is 19.6 Å². The van der Waals surface area contributed by atoms with Crippen LogP contribution in [0.3, 0.4) is 0 Å². The van der Waals surface area contributed by atoms with Crippen molar-refractivity contribution < 1.29 is 48.9 Å². The molecule has 1 aliphatic rings. The molecule has 0 spiro atoms. The Morgan fingerprint density at radius 3 is 2.12 bits per heavy atom. The van der Waals surface area contributed by atoms with E-state index in [0.29, 0.717) is 25.8 Å². The van der Waals surface area contributed by atoms with Gasteiger partial charge in [0.05, 0.1) is 18.7 Å². The molecule has 16 nitrogen and oxygen atoms in total. The number of carbonyl (C=O) groups is 7. The summed E-state index contributed by atoms with van der Waals surface area (Å²) < 4.78 is 0. The Labute approximate surface area is 231 Å². The first kappa shape index (κ1) is 34.2. The zero-order valence-corrected chi connectivity index (χ0v) is 22.8. The molecule has 0 saturated carbocycles. The van der Waals surface area contributed by atoms with Crippen molar-refractivity contribution in [3.8, 4) is 0 Å². The second-order valence-electron chi connectivity index (χ2n) is 10.0. The van der Waals surface area contributed by atoms with Gasteiger partial charge in [0.25, 0.3) is 0 Å². The number of aliphatic hydroxyl groups excluding tert-OH is 1. The van der Waals surface area contributed by atoms with Crippen molar-refractivity contribution in [3.05, 3.63) is 0 Å². The van der Waals surface area contributed by atoms with Crippen LogP contribution in [0.25, 0.3) is 0 Å². The summed E-state index contributed by atoms with van der Waals surface area (Å²) in [6.45, 7) is 3.96. The SMILES string of the molecule is CC(C)CC(N)C(=O)N1CCC[C@H]1C(=O)NC(CCC(=O)O)C(=O)NC(C(=O)NCC(=O)NCC(=O)O)C(C)O. The van der Waals surface area contributed by atoms with Gasteiger partial charge in [0, 0.05) is 13.0 Å². The molecule has 0 bridgehead atoms. The number of nitrogens with two attached hydrogens (primary N) is 1. The molecule has 1 saturated heterocycles. The van der Waals surface area contributed by atoms with Crippen LogP contribution in [-0.4, -0.2) is 112 Å². The van der Waals surface area contributed by atoms with E-state index in [0.717, 1.165) is 0 Å². The van der Waals surface area contributed by atoms with Crippen molar-refractivity contribution in [1.82, 2.24) is 26.2 Å². The number of likely N-dealkylation sites (tertiary alicyclic amines) is 1. The van der Waals surface area contributed by atoms with E-state index >= 15 is 0 Å². The van der Waals surface area contributed by atoms with Crippen molar-refractivity contribution in [2.24, 2.45) is 11.7 Å². The fourth-order valence-corrected chi connectivity index (χ4v) is 4.10. The third kappa shape index (κ3) is 11.5. The van der Waals surface area contributed by atoms with Crippen molar-refractivity contribution in [3.63, 3.8) is 0 Å². The summed E-state index contributed by atoms with van der Waals surface area (Å²) in [4.78, 5) is 86.2. The molecule has 0 aromatic carbocycles. The third-order valence-corrected chi connectivity index (χ3v) is 6.08. The topological polar surface area (TPSA) is 258 Å². The van der Waals surface area contributed by atoms with Gasteiger partial charge in [0.2, 0.25) is 29.5 Å². The van der Waals surface area contributed by atoms with Crippen molar-refractivity contribution in [1.29, 1.82) is 0 Å². The summed E-state index contributed by atoms with van der Waals surface area (Å²) in [6.07, 6.45) is -1.09. The lowest BCUT2D eigenvalue weighted by Crippen LogP contribution is -2.59. The summed E-state index contributed by atoms with van der Waals surface area (Å²) in [5.41, 5.74) is 6.01. The highest BCUT2D eigenvalue weighted by atomic mass is 16.4. The number of aliphatic hydroxyl groups is 1. The number of hydrogen-bond donors (Lipinski definition) is 8. The lowest BCUT2D eigenvalue weighted by Gasteiger charge is -2.29. The average molecular weight is 573 g/mol. The van der Waals surface area contributed by atoms with E-state index < -0.39 is 91.3 Å². The zero-order chi connectivity index (χ0) is 30.6. The Hall–Kier alpha value is -3.79. The second-order valence-corrected chi connectivity index (χ2v) is 10.0. The number of hydrogen-bond acceptors (Lipinski definition) is 9. The highest BCUT2D eigenvalue weighted by molar-refractivity contribution is 5.96. The second kappa shape index (κ2) is 16.3. The van der Waals surface area contributed by atoms with E-state index in [1.54, 1.807) is 0 Å². The van der Waals surface area contributed by atoms with Gasteiger partial charge in [-0.05, 0) is 38.5 Å². The fraction of sp³-hybridized carbons (Fsp3) is 0.708. The van der Waals surface area contributed by atoms with Crippen molar-refractivity contribution >= 4 is 41.5 Å². The highest BCUT2D eigenvalue weighted by Crippen LogP contribution is 2.20. The van der Waals surface area contributed by atoms with E-state index in [-0.39, 0.29) is 12.3 Å². The Bertz CT molecular complexity index is 956. The van der Waals surface area contributed by atoms with Crippen LogP contribution in [0.1, 0.15) is 52.9 Å². The molecule has 0 aromatic heterocycles. The van der Waals surface area contributed by atoms with E-state index in [1.165, 1.54) is 11.8 Å². The molecule has 226 valence electrons. The first-order valence-corrected chi connectivity index (χ1v) is 13.0. The predicted molar refractivity (Wildman–Crippen MR) is 138 cm³/mol. The summed E-state index contributed by atoms with van der Waals surface area (Å²) in [5.74, 6) is -6.29. The van der Waals surface area contributed by atoms with Gasteiger partial charge in [-0.15, -0.1) is 0 Å². The highest BCUT2D eigenvalue weighted by Gasteiger charge is 2.38. The van der Waals surface area contributed by atoms with Crippen LogP contribution >= 0.6 is 0 Å². The molecule has 5 atom stereocenters. The lowest BCUT2D eigenvalue weighted by atomic mass is 10.0. The maximum Gasteiger partial charge on any atom is 0.322 e. The monoisotopic (exact) mass is 572 g/mol. The first-order chi connectivity index (χ1) is 18.6. The van der Waals surface area contributed by atoms with E-state index in [2.05, 4.69) is 16.0 Å². The van der Waals surface area contributed by atoms with Crippen LogP contribution in [0.15, 0.2) is 0 Å².